The Morgan fingerprint density at radius 3 is 2.75 bits per heavy atom. The van der Waals surface area contributed by atoms with E-state index in [1.807, 2.05) is 13.8 Å². The highest BCUT2D eigenvalue weighted by atomic mass is 35.5. The van der Waals surface area contributed by atoms with E-state index < -0.39 is 6.04 Å². The fraction of sp³-hybridized carbons (Fsp3) is 0.444. The highest BCUT2D eigenvalue weighted by Gasteiger charge is 2.20. The summed E-state index contributed by atoms with van der Waals surface area (Å²) in [7, 11) is 0. The molecule has 0 saturated carbocycles. The lowest BCUT2D eigenvalue weighted by Gasteiger charge is -2.00. The first-order chi connectivity index (χ1) is 7.58. The van der Waals surface area contributed by atoms with Gasteiger partial charge in [-0.2, -0.15) is 4.98 Å². The summed E-state index contributed by atoms with van der Waals surface area (Å²) < 4.78 is 5.67. The second kappa shape index (κ2) is 4.48. The van der Waals surface area contributed by atoms with Crippen molar-refractivity contribution in [2.75, 3.05) is 0 Å². The first-order valence-corrected chi connectivity index (χ1v) is 5.97. The summed E-state index contributed by atoms with van der Waals surface area (Å²) in [6.07, 6.45) is 1.56. The van der Waals surface area contributed by atoms with Crippen molar-refractivity contribution in [3.63, 3.8) is 0 Å². The standard InChI is InChI=1S/C9H11ClN4OS/c1-4(2)8-13-7(14-15-8)6(11)9-12-3-5(10)16-9/h3-4,6H,11H2,1-2H3. The van der Waals surface area contributed by atoms with E-state index in [0.717, 1.165) is 0 Å². The van der Waals surface area contributed by atoms with Gasteiger partial charge in [-0.1, -0.05) is 30.6 Å². The van der Waals surface area contributed by atoms with Crippen LogP contribution in [0.1, 0.15) is 42.5 Å². The molecule has 0 fully saturated rings. The molecular formula is C9H11ClN4OS. The van der Waals surface area contributed by atoms with Gasteiger partial charge in [-0.25, -0.2) is 4.98 Å². The summed E-state index contributed by atoms with van der Waals surface area (Å²) in [4.78, 5) is 8.30. The van der Waals surface area contributed by atoms with E-state index in [0.29, 0.717) is 21.1 Å². The first-order valence-electron chi connectivity index (χ1n) is 4.78. The monoisotopic (exact) mass is 258 g/mol. The minimum Gasteiger partial charge on any atom is -0.339 e. The van der Waals surface area contributed by atoms with Gasteiger partial charge in [0.1, 0.15) is 15.4 Å². The van der Waals surface area contributed by atoms with Gasteiger partial charge in [0.05, 0.1) is 6.20 Å². The zero-order valence-corrected chi connectivity index (χ0v) is 10.4. The Hall–Kier alpha value is -0.980. The molecule has 5 nitrogen and oxygen atoms in total. The molecule has 0 amide bonds. The third-order valence-electron chi connectivity index (χ3n) is 1.99. The molecule has 0 radical (unpaired) electrons. The molecule has 2 N–H and O–H groups in total. The van der Waals surface area contributed by atoms with Gasteiger partial charge in [-0.15, -0.1) is 11.3 Å². The van der Waals surface area contributed by atoms with Gasteiger partial charge in [0, 0.05) is 5.92 Å². The molecule has 0 bridgehead atoms. The van der Waals surface area contributed by atoms with Crippen molar-refractivity contribution in [2.24, 2.45) is 5.73 Å². The average molecular weight is 259 g/mol. The number of nitrogens with zero attached hydrogens (tertiary/aromatic N) is 3. The first kappa shape index (κ1) is 11.5. The maximum absolute atomic E-state index is 5.95. The largest absolute Gasteiger partial charge is 0.339 e. The molecule has 0 aromatic carbocycles. The van der Waals surface area contributed by atoms with E-state index in [1.54, 1.807) is 6.20 Å². The Balaban J connectivity index is 2.23. The normalized spacial score (nSPS) is 13.3. The van der Waals surface area contributed by atoms with Crippen molar-refractivity contribution >= 4 is 22.9 Å². The molecule has 2 rings (SSSR count). The van der Waals surface area contributed by atoms with Gasteiger partial charge in [0.25, 0.3) is 0 Å². The van der Waals surface area contributed by atoms with E-state index in [4.69, 9.17) is 21.9 Å². The second-order valence-corrected chi connectivity index (χ2v) is 5.32. The fourth-order valence-electron chi connectivity index (χ4n) is 1.13. The van der Waals surface area contributed by atoms with E-state index in [2.05, 4.69) is 15.1 Å². The SMILES string of the molecule is CC(C)c1nc(C(N)c2ncc(Cl)s2)no1. The third-order valence-corrected chi connectivity index (χ3v) is 3.19. The van der Waals surface area contributed by atoms with Crippen molar-refractivity contribution in [2.45, 2.75) is 25.8 Å². The predicted octanol–water partition coefficient (Wildman–Crippen LogP) is 2.35. The lowest BCUT2D eigenvalue weighted by molar-refractivity contribution is 0.359. The number of aromatic nitrogens is 3. The van der Waals surface area contributed by atoms with Crippen LogP contribution in [0.3, 0.4) is 0 Å². The van der Waals surface area contributed by atoms with E-state index in [1.165, 1.54) is 11.3 Å². The van der Waals surface area contributed by atoms with Gasteiger partial charge < -0.3 is 10.3 Å². The number of halogens is 1. The Morgan fingerprint density at radius 2 is 2.25 bits per heavy atom. The van der Waals surface area contributed by atoms with E-state index in [9.17, 15) is 0 Å². The van der Waals surface area contributed by atoms with Crippen LogP contribution in [0.25, 0.3) is 0 Å². The highest BCUT2D eigenvalue weighted by Crippen LogP contribution is 2.26. The van der Waals surface area contributed by atoms with Gasteiger partial charge >= 0.3 is 0 Å². The molecule has 1 unspecified atom stereocenters. The number of hydrogen-bond donors (Lipinski definition) is 1. The van der Waals surface area contributed by atoms with Gasteiger partial charge in [-0.05, 0) is 0 Å². The Bertz CT molecular complexity index is 481. The average Bonchev–Trinajstić information content (AvgIpc) is 2.84. The highest BCUT2D eigenvalue weighted by molar-refractivity contribution is 7.15. The zero-order valence-electron chi connectivity index (χ0n) is 8.85. The minimum atomic E-state index is -0.478. The van der Waals surface area contributed by atoms with Gasteiger partial charge in [-0.3, -0.25) is 0 Å². The predicted molar refractivity (Wildman–Crippen MR) is 61.5 cm³/mol. The summed E-state index contributed by atoms with van der Waals surface area (Å²) in [6, 6.07) is -0.478. The molecule has 0 spiro atoms. The summed E-state index contributed by atoms with van der Waals surface area (Å²) in [6.45, 7) is 3.95. The van der Waals surface area contributed by atoms with Crippen LogP contribution in [0.15, 0.2) is 10.7 Å². The summed E-state index contributed by atoms with van der Waals surface area (Å²) in [5.74, 6) is 1.20. The molecule has 2 heterocycles. The Labute approximate surface area is 102 Å². The van der Waals surface area contributed by atoms with Crippen molar-refractivity contribution in [1.29, 1.82) is 0 Å². The molecule has 2 aromatic rings. The Kier molecular flexibility index (Phi) is 3.22. The smallest absolute Gasteiger partial charge is 0.229 e. The van der Waals surface area contributed by atoms with Crippen LogP contribution >= 0.6 is 22.9 Å². The number of rotatable bonds is 3. The molecule has 0 aliphatic heterocycles. The molecule has 7 heteroatoms. The van der Waals surface area contributed by atoms with Crippen LogP contribution in [0.5, 0.6) is 0 Å². The topological polar surface area (TPSA) is 77.8 Å². The van der Waals surface area contributed by atoms with E-state index >= 15 is 0 Å². The molecule has 0 aliphatic rings. The van der Waals surface area contributed by atoms with Crippen LogP contribution in [0.2, 0.25) is 4.34 Å². The molecule has 86 valence electrons. The summed E-state index contributed by atoms with van der Waals surface area (Å²) >= 11 is 7.10. The second-order valence-electron chi connectivity index (χ2n) is 3.63. The molecule has 16 heavy (non-hydrogen) atoms. The lowest BCUT2D eigenvalue weighted by Crippen LogP contribution is -2.13. The van der Waals surface area contributed by atoms with Crippen LogP contribution in [0.4, 0.5) is 0 Å². The van der Waals surface area contributed by atoms with Gasteiger partial charge in [0.15, 0.2) is 5.82 Å². The van der Waals surface area contributed by atoms with Crippen molar-refractivity contribution in [3.8, 4) is 0 Å². The maximum Gasteiger partial charge on any atom is 0.229 e. The minimum absolute atomic E-state index is 0.188. The molecule has 0 aliphatic carbocycles. The zero-order chi connectivity index (χ0) is 11.7. The van der Waals surface area contributed by atoms with Gasteiger partial charge in [0.2, 0.25) is 5.89 Å². The maximum atomic E-state index is 5.95. The molecule has 2 aromatic heterocycles. The lowest BCUT2D eigenvalue weighted by atomic mass is 10.2. The van der Waals surface area contributed by atoms with Crippen LogP contribution in [0, 0.1) is 0 Å². The Morgan fingerprint density at radius 1 is 1.50 bits per heavy atom. The summed E-state index contributed by atoms with van der Waals surface area (Å²) in [5, 5.41) is 4.52. The molecule has 1 atom stereocenters. The molecular weight excluding hydrogens is 248 g/mol. The number of nitrogens with two attached hydrogens (primary N) is 1. The van der Waals surface area contributed by atoms with Crippen molar-refractivity contribution in [3.05, 3.63) is 27.3 Å². The van der Waals surface area contributed by atoms with Crippen LogP contribution < -0.4 is 5.73 Å². The number of thiazole rings is 1. The van der Waals surface area contributed by atoms with Crippen LogP contribution in [-0.4, -0.2) is 15.1 Å². The quantitative estimate of drug-likeness (QED) is 0.914. The van der Waals surface area contributed by atoms with Crippen molar-refractivity contribution in [1.82, 2.24) is 15.1 Å². The number of hydrogen-bond acceptors (Lipinski definition) is 6. The molecule has 0 saturated heterocycles. The summed E-state index contributed by atoms with van der Waals surface area (Å²) in [5.41, 5.74) is 5.95. The van der Waals surface area contributed by atoms with Crippen LogP contribution in [-0.2, 0) is 0 Å². The third kappa shape index (κ3) is 2.23. The fourth-order valence-corrected chi connectivity index (χ4v) is 2.06. The van der Waals surface area contributed by atoms with Crippen molar-refractivity contribution < 1.29 is 4.52 Å². The van der Waals surface area contributed by atoms with E-state index in [-0.39, 0.29) is 5.92 Å².